The maximum absolute atomic E-state index is 10.4. The largest absolute Gasteiger partial charge is 0.370 e. The molecule has 59 valence electrons. The van der Waals surface area contributed by atoms with Gasteiger partial charge in [-0.15, -0.1) is 11.3 Å². The molecule has 1 rings (SSSR count). The van der Waals surface area contributed by atoms with Crippen LogP contribution in [-0.2, 0) is 4.79 Å². The van der Waals surface area contributed by atoms with Crippen molar-refractivity contribution in [2.24, 2.45) is 5.73 Å². The fourth-order valence-electron chi connectivity index (χ4n) is 0.639. The molecule has 0 aromatic carbocycles. The summed E-state index contributed by atoms with van der Waals surface area (Å²) in [4.78, 5) is 11.4. The molecule has 1 aromatic rings. The first-order valence-electron chi connectivity index (χ1n) is 3.05. The van der Waals surface area contributed by atoms with E-state index < -0.39 is 0 Å². The number of amides is 1. The van der Waals surface area contributed by atoms with Crippen molar-refractivity contribution in [2.45, 2.75) is 6.42 Å². The fourth-order valence-corrected chi connectivity index (χ4v) is 2.00. The van der Waals surface area contributed by atoms with Gasteiger partial charge in [0.05, 0.1) is 3.79 Å². The molecule has 0 unspecified atom stereocenters. The second-order valence-corrected chi connectivity index (χ2v) is 4.51. The lowest BCUT2D eigenvalue weighted by Gasteiger charge is -1.90. The van der Waals surface area contributed by atoms with E-state index in [0.717, 1.165) is 8.66 Å². The molecular weight excluding hydrogens is 226 g/mol. The third-order valence-electron chi connectivity index (χ3n) is 1.10. The van der Waals surface area contributed by atoms with E-state index in [1.807, 2.05) is 18.6 Å². The number of hydrogen-bond donors (Lipinski definition) is 1. The smallest absolute Gasteiger partial charge is 0.218 e. The number of nitrogens with two attached hydrogens (primary N) is 1. The van der Waals surface area contributed by atoms with Crippen molar-refractivity contribution >= 4 is 33.2 Å². The van der Waals surface area contributed by atoms with Gasteiger partial charge < -0.3 is 5.73 Å². The lowest BCUT2D eigenvalue weighted by molar-refractivity contribution is -0.117. The molecule has 4 heteroatoms. The molecule has 0 saturated heterocycles. The molecule has 1 radical (unpaired) electrons. The second-order valence-electron chi connectivity index (χ2n) is 2.02. The molecule has 1 aromatic heterocycles. The van der Waals surface area contributed by atoms with Crippen LogP contribution in [0.5, 0.6) is 0 Å². The predicted molar refractivity (Wildman–Crippen MR) is 49.2 cm³/mol. The molecule has 0 aliphatic heterocycles. The van der Waals surface area contributed by atoms with Gasteiger partial charge in [-0.25, -0.2) is 0 Å². The number of carbonyl (C=O) groups is 1. The van der Waals surface area contributed by atoms with Crippen LogP contribution in [-0.4, -0.2) is 5.91 Å². The zero-order chi connectivity index (χ0) is 8.27. The third-order valence-corrected chi connectivity index (χ3v) is 2.72. The van der Waals surface area contributed by atoms with Crippen LogP contribution in [0.25, 0.3) is 0 Å². The van der Waals surface area contributed by atoms with Gasteiger partial charge in [0.25, 0.3) is 0 Å². The van der Waals surface area contributed by atoms with Crippen molar-refractivity contribution < 1.29 is 4.79 Å². The van der Waals surface area contributed by atoms with Crippen molar-refractivity contribution in [3.63, 3.8) is 0 Å². The first-order valence-corrected chi connectivity index (χ1v) is 4.66. The lowest BCUT2D eigenvalue weighted by atomic mass is 10.2. The minimum absolute atomic E-state index is 0.297. The van der Waals surface area contributed by atoms with E-state index >= 15 is 0 Å². The number of halogens is 1. The molecule has 1 heterocycles. The van der Waals surface area contributed by atoms with Gasteiger partial charge in [-0.05, 0) is 28.1 Å². The summed E-state index contributed by atoms with van der Waals surface area (Å²) in [6.45, 7) is 0. The molecule has 11 heavy (non-hydrogen) atoms. The highest BCUT2D eigenvalue weighted by Crippen LogP contribution is 2.23. The Morgan fingerprint density at radius 1 is 1.73 bits per heavy atom. The van der Waals surface area contributed by atoms with Crippen LogP contribution in [0.4, 0.5) is 0 Å². The summed E-state index contributed by atoms with van der Waals surface area (Å²) in [7, 11) is 0. The number of carbonyl (C=O) groups excluding carboxylic acids is 1. The molecule has 2 nitrogen and oxygen atoms in total. The van der Waals surface area contributed by atoms with Gasteiger partial charge in [-0.1, -0.05) is 0 Å². The molecule has 1 amide bonds. The SMILES string of the molecule is NC(=O)C[CH]c1ccc(Br)s1. The van der Waals surface area contributed by atoms with Crippen molar-refractivity contribution in [3.8, 4) is 0 Å². The molecule has 2 N–H and O–H groups in total. The van der Waals surface area contributed by atoms with E-state index in [0.29, 0.717) is 6.42 Å². The van der Waals surface area contributed by atoms with Gasteiger partial charge in [-0.2, -0.15) is 0 Å². The Morgan fingerprint density at radius 2 is 2.45 bits per heavy atom. The average Bonchev–Trinajstić information content (AvgIpc) is 2.31. The minimum atomic E-state index is -0.297. The molecule has 0 aliphatic rings. The Morgan fingerprint density at radius 3 is 2.91 bits per heavy atom. The van der Waals surface area contributed by atoms with E-state index in [1.54, 1.807) is 11.3 Å². The number of primary amides is 1. The first-order chi connectivity index (χ1) is 5.18. The molecule has 0 bridgehead atoms. The Labute approximate surface area is 77.5 Å². The summed E-state index contributed by atoms with van der Waals surface area (Å²) >= 11 is 4.90. The minimum Gasteiger partial charge on any atom is -0.370 e. The molecule has 0 atom stereocenters. The highest BCUT2D eigenvalue weighted by atomic mass is 79.9. The van der Waals surface area contributed by atoms with Crippen LogP contribution in [0.3, 0.4) is 0 Å². The van der Waals surface area contributed by atoms with Crippen molar-refractivity contribution in [1.29, 1.82) is 0 Å². The zero-order valence-electron chi connectivity index (χ0n) is 5.71. The van der Waals surface area contributed by atoms with Crippen molar-refractivity contribution in [1.82, 2.24) is 0 Å². The van der Waals surface area contributed by atoms with Crippen molar-refractivity contribution in [3.05, 3.63) is 27.2 Å². The van der Waals surface area contributed by atoms with Gasteiger partial charge in [0.1, 0.15) is 0 Å². The van der Waals surface area contributed by atoms with Crippen LogP contribution in [0.15, 0.2) is 15.9 Å². The summed E-state index contributed by atoms with van der Waals surface area (Å²) in [6.07, 6.45) is 2.13. The maximum atomic E-state index is 10.4. The zero-order valence-corrected chi connectivity index (χ0v) is 8.11. The summed E-state index contributed by atoms with van der Waals surface area (Å²) in [5.41, 5.74) is 4.97. The first kappa shape index (κ1) is 8.74. The summed E-state index contributed by atoms with van der Waals surface area (Å²) < 4.78 is 1.06. The Kier molecular flexibility index (Phi) is 3.08. The van der Waals surface area contributed by atoms with Gasteiger partial charge >= 0.3 is 0 Å². The van der Waals surface area contributed by atoms with Crippen LogP contribution in [0.2, 0.25) is 0 Å². The van der Waals surface area contributed by atoms with Gasteiger partial charge in [0.15, 0.2) is 0 Å². The average molecular weight is 233 g/mol. The van der Waals surface area contributed by atoms with Gasteiger partial charge in [-0.3, -0.25) is 4.79 Å². The van der Waals surface area contributed by atoms with Gasteiger partial charge in [0.2, 0.25) is 5.91 Å². The third kappa shape index (κ3) is 3.03. The van der Waals surface area contributed by atoms with E-state index in [9.17, 15) is 4.79 Å². The van der Waals surface area contributed by atoms with E-state index in [2.05, 4.69) is 15.9 Å². The van der Waals surface area contributed by atoms with E-state index in [-0.39, 0.29) is 5.91 Å². The molecule has 0 fully saturated rings. The topological polar surface area (TPSA) is 43.1 Å². The predicted octanol–water partition coefficient (Wildman–Crippen LogP) is 1.94. The summed E-state index contributed by atoms with van der Waals surface area (Å²) in [5, 5.41) is 0. The maximum Gasteiger partial charge on any atom is 0.218 e. The van der Waals surface area contributed by atoms with Gasteiger partial charge in [0, 0.05) is 17.7 Å². The molecular formula is C7H7BrNOS. The highest BCUT2D eigenvalue weighted by Gasteiger charge is 1.99. The molecule has 0 spiro atoms. The van der Waals surface area contributed by atoms with Crippen LogP contribution in [0, 0.1) is 6.42 Å². The van der Waals surface area contributed by atoms with Crippen LogP contribution >= 0.6 is 27.3 Å². The quantitative estimate of drug-likeness (QED) is 0.851. The molecule has 0 aliphatic carbocycles. The fraction of sp³-hybridized carbons (Fsp3) is 0.143. The normalized spacial score (nSPS) is 9.91. The standard InChI is InChI=1S/C7H7BrNOS/c8-6-3-1-5(11-6)2-4-7(9)10/h1-3H,4H2,(H2,9,10). The Hall–Kier alpha value is -0.350. The Balaban J connectivity index is 2.45. The van der Waals surface area contributed by atoms with Crippen molar-refractivity contribution in [2.75, 3.05) is 0 Å². The Bertz CT molecular complexity index is 259. The second kappa shape index (κ2) is 3.88. The summed E-state index contributed by atoms with van der Waals surface area (Å²) in [6, 6.07) is 3.88. The van der Waals surface area contributed by atoms with E-state index in [1.165, 1.54) is 0 Å². The molecule has 0 saturated carbocycles. The number of rotatable bonds is 3. The van der Waals surface area contributed by atoms with E-state index in [4.69, 9.17) is 5.73 Å². The monoisotopic (exact) mass is 232 g/mol. The van der Waals surface area contributed by atoms with Crippen LogP contribution < -0.4 is 5.73 Å². The number of hydrogen-bond acceptors (Lipinski definition) is 2. The lowest BCUT2D eigenvalue weighted by Crippen LogP contribution is -2.09. The number of thiophene rings is 1. The summed E-state index contributed by atoms with van der Waals surface area (Å²) in [5.74, 6) is -0.297. The van der Waals surface area contributed by atoms with Crippen LogP contribution in [0.1, 0.15) is 11.3 Å². The highest BCUT2D eigenvalue weighted by molar-refractivity contribution is 9.11.